The van der Waals surface area contributed by atoms with Crippen molar-refractivity contribution >= 4 is 23.4 Å². The monoisotopic (exact) mass is 293 g/mol. The number of nitrogens with one attached hydrogen (secondary N) is 1. The number of halogens is 1. The molecule has 0 radical (unpaired) electrons. The minimum atomic E-state index is 0.372. The second-order valence-electron chi connectivity index (χ2n) is 4.17. The zero-order valence-corrected chi connectivity index (χ0v) is 12.1. The van der Waals surface area contributed by atoms with Gasteiger partial charge in [-0.15, -0.1) is 0 Å². The van der Waals surface area contributed by atoms with Gasteiger partial charge in [0.15, 0.2) is 0 Å². The zero-order chi connectivity index (χ0) is 14.5. The van der Waals surface area contributed by atoms with Crippen LogP contribution in [0.2, 0.25) is 5.02 Å². The summed E-state index contributed by atoms with van der Waals surface area (Å²) in [6, 6.07) is 3.75. The molecule has 0 saturated carbocycles. The van der Waals surface area contributed by atoms with Crippen LogP contribution in [0.25, 0.3) is 0 Å². The van der Waals surface area contributed by atoms with Gasteiger partial charge in [-0.3, -0.25) is 0 Å². The molecule has 0 spiro atoms. The Morgan fingerprint density at radius 1 is 1.35 bits per heavy atom. The van der Waals surface area contributed by atoms with Crippen molar-refractivity contribution in [2.24, 2.45) is 0 Å². The molecule has 0 aliphatic rings. The highest BCUT2D eigenvalue weighted by atomic mass is 35.5. The number of rotatable bonds is 5. The third-order valence-electron chi connectivity index (χ3n) is 2.48. The molecule has 7 heteroatoms. The van der Waals surface area contributed by atoms with Gasteiger partial charge in [0, 0.05) is 12.2 Å². The molecular weight excluding hydrogens is 278 g/mol. The van der Waals surface area contributed by atoms with E-state index in [1.54, 1.807) is 6.07 Å². The fraction of sp³-hybridized carbons (Fsp3) is 0.308. The molecule has 106 valence electrons. The zero-order valence-electron chi connectivity index (χ0n) is 11.4. The summed E-state index contributed by atoms with van der Waals surface area (Å²) in [5.41, 5.74) is 7.58. The van der Waals surface area contributed by atoms with Gasteiger partial charge >= 0.3 is 0 Å². The molecule has 20 heavy (non-hydrogen) atoms. The second kappa shape index (κ2) is 6.38. The summed E-state index contributed by atoms with van der Waals surface area (Å²) in [4.78, 5) is 12.4. The molecule has 6 nitrogen and oxygen atoms in total. The highest BCUT2D eigenvalue weighted by molar-refractivity contribution is 6.31. The summed E-state index contributed by atoms with van der Waals surface area (Å²) in [6.45, 7) is 4.80. The van der Waals surface area contributed by atoms with Gasteiger partial charge < -0.3 is 15.8 Å². The van der Waals surface area contributed by atoms with Crippen LogP contribution in [0.1, 0.15) is 18.2 Å². The van der Waals surface area contributed by atoms with Gasteiger partial charge in [-0.2, -0.15) is 4.98 Å². The normalized spacial score (nSPS) is 10.3. The number of pyridine rings is 1. The summed E-state index contributed by atoms with van der Waals surface area (Å²) < 4.78 is 5.31. The molecule has 2 aromatic heterocycles. The Morgan fingerprint density at radius 3 is 2.85 bits per heavy atom. The van der Waals surface area contributed by atoms with E-state index in [9.17, 15) is 0 Å². The van der Waals surface area contributed by atoms with Crippen LogP contribution in [-0.4, -0.2) is 21.6 Å². The highest BCUT2D eigenvalue weighted by Gasteiger charge is 2.06. The molecule has 0 amide bonds. The van der Waals surface area contributed by atoms with E-state index in [1.165, 1.54) is 6.20 Å². The number of nitrogen functional groups attached to an aromatic ring is 1. The Bertz CT molecular complexity index is 585. The molecule has 0 aromatic carbocycles. The first-order valence-corrected chi connectivity index (χ1v) is 6.58. The topological polar surface area (TPSA) is 86.0 Å². The number of ether oxygens (including phenoxy) is 1. The van der Waals surface area contributed by atoms with Crippen LogP contribution < -0.4 is 15.8 Å². The van der Waals surface area contributed by atoms with Crippen LogP contribution in [0, 0.1) is 6.92 Å². The van der Waals surface area contributed by atoms with Crippen molar-refractivity contribution < 1.29 is 4.74 Å². The van der Waals surface area contributed by atoms with E-state index in [2.05, 4.69) is 20.3 Å². The first kappa shape index (κ1) is 14.3. The van der Waals surface area contributed by atoms with E-state index in [0.29, 0.717) is 35.8 Å². The number of aromatic nitrogens is 3. The molecule has 0 fully saturated rings. The van der Waals surface area contributed by atoms with Crippen molar-refractivity contribution in [3.05, 3.63) is 34.6 Å². The summed E-state index contributed by atoms with van der Waals surface area (Å²) in [7, 11) is 0. The van der Waals surface area contributed by atoms with Crippen LogP contribution in [0.4, 0.5) is 11.8 Å². The van der Waals surface area contributed by atoms with Crippen LogP contribution >= 0.6 is 11.6 Å². The molecule has 0 bridgehead atoms. The van der Waals surface area contributed by atoms with Gasteiger partial charge in [0.25, 0.3) is 0 Å². The maximum atomic E-state index is 5.93. The number of anilines is 2. The molecule has 0 aliphatic carbocycles. The van der Waals surface area contributed by atoms with Crippen molar-refractivity contribution in [3.63, 3.8) is 0 Å². The van der Waals surface area contributed by atoms with Crippen molar-refractivity contribution in [2.45, 2.75) is 20.4 Å². The lowest BCUT2D eigenvalue weighted by molar-refractivity contribution is 0.327. The quantitative estimate of drug-likeness (QED) is 0.880. The van der Waals surface area contributed by atoms with E-state index in [0.717, 1.165) is 11.3 Å². The molecule has 3 N–H and O–H groups in total. The van der Waals surface area contributed by atoms with Gasteiger partial charge in [-0.05, 0) is 31.5 Å². The van der Waals surface area contributed by atoms with E-state index in [4.69, 9.17) is 22.1 Å². The Labute approximate surface area is 122 Å². The van der Waals surface area contributed by atoms with Crippen molar-refractivity contribution in [1.82, 2.24) is 15.0 Å². The first-order chi connectivity index (χ1) is 9.58. The van der Waals surface area contributed by atoms with Crippen molar-refractivity contribution in [3.8, 4) is 5.88 Å². The summed E-state index contributed by atoms with van der Waals surface area (Å²) in [5, 5.41) is 3.49. The van der Waals surface area contributed by atoms with Gasteiger partial charge in [0.1, 0.15) is 10.8 Å². The predicted octanol–water partition coefficient (Wildman–Crippen LogP) is 2.43. The second-order valence-corrected chi connectivity index (χ2v) is 4.58. The van der Waals surface area contributed by atoms with Crippen molar-refractivity contribution in [2.75, 3.05) is 17.7 Å². The molecule has 2 aromatic rings. The average Bonchev–Trinajstić information content (AvgIpc) is 2.39. The summed E-state index contributed by atoms with van der Waals surface area (Å²) >= 11 is 5.93. The van der Waals surface area contributed by atoms with Crippen molar-refractivity contribution in [1.29, 1.82) is 0 Å². The molecule has 0 unspecified atom stereocenters. The Morgan fingerprint density at radius 2 is 2.15 bits per heavy atom. The van der Waals surface area contributed by atoms with E-state index in [-0.39, 0.29) is 0 Å². The number of nitrogens with two attached hydrogens (primary N) is 1. The summed E-state index contributed by atoms with van der Waals surface area (Å²) in [6.07, 6.45) is 1.51. The molecule has 2 rings (SSSR count). The van der Waals surface area contributed by atoms with Crippen LogP contribution in [0.5, 0.6) is 5.88 Å². The Kier molecular flexibility index (Phi) is 4.57. The predicted molar refractivity (Wildman–Crippen MR) is 78.9 cm³/mol. The van der Waals surface area contributed by atoms with Crippen LogP contribution in [0.15, 0.2) is 18.3 Å². The van der Waals surface area contributed by atoms with Crippen LogP contribution in [-0.2, 0) is 6.54 Å². The lowest BCUT2D eigenvalue weighted by atomic mass is 10.2. The Balaban J connectivity index is 2.08. The van der Waals surface area contributed by atoms with Gasteiger partial charge in [-0.25, -0.2) is 9.97 Å². The minimum Gasteiger partial charge on any atom is -0.477 e. The molecule has 0 saturated heterocycles. The lowest BCUT2D eigenvalue weighted by Gasteiger charge is -2.09. The first-order valence-electron chi connectivity index (χ1n) is 6.20. The molecule has 0 atom stereocenters. The third-order valence-corrected chi connectivity index (χ3v) is 2.74. The van der Waals surface area contributed by atoms with Gasteiger partial charge in [0.2, 0.25) is 11.8 Å². The third kappa shape index (κ3) is 3.71. The van der Waals surface area contributed by atoms with E-state index in [1.807, 2.05) is 19.9 Å². The van der Waals surface area contributed by atoms with E-state index < -0.39 is 0 Å². The fourth-order valence-electron chi connectivity index (χ4n) is 1.73. The maximum Gasteiger partial charge on any atom is 0.237 e. The summed E-state index contributed by atoms with van der Waals surface area (Å²) in [5.74, 6) is 1.32. The number of nitrogens with zero attached hydrogens (tertiary/aromatic N) is 3. The fourth-order valence-corrected chi connectivity index (χ4v) is 1.87. The SMILES string of the molecule is CCOc1nc(NCc2cc(C)nc(N)c2)ncc1Cl. The largest absolute Gasteiger partial charge is 0.477 e. The standard InChI is InChI=1S/C13H16ClN5O/c1-3-20-12-10(14)7-17-13(19-12)16-6-9-4-8(2)18-11(15)5-9/h4-5,7H,3,6H2,1-2H3,(H2,15,18)(H,16,17,19). The van der Waals surface area contributed by atoms with Gasteiger partial charge in [0.05, 0.1) is 12.8 Å². The van der Waals surface area contributed by atoms with Crippen LogP contribution in [0.3, 0.4) is 0 Å². The minimum absolute atomic E-state index is 0.372. The number of hydrogen-bond acceptors (Lipinski definition) is 6. The van der Waals surface area contributed by atoms with Gasteiger partial charge in [-0.1, -0.05) is 11.6 Å². The lowest BCUT2D eigenvalue weighted by Crippen LogP contribution is -2.06. The smallest absolute Gasteiger partial charge is 0.237 e. The molecule has 2 heterocycles. The number of aryl methyl sites for hydroxylation is 1. The van der Waals surface area contributed by atoms with E-state index >= 15 is 0 Å². The molecular formula is C13H16ClN5O. The highest BCUT2D eigenvalue weighted by Crippen LogP contribution is 2.22. The Hall–Kier alpha value is -2.08. The number of hydrogen-bond donors (Lipinski definition) is 2. The molecule has 0 aliphatic heterocycles. The maximum absolute atomic E-state index is 5.93. The average molecular weight is 294 g/mol.